The number of nitrogens with zero attached hydrogens (tertiary/aromatic N) is 1. The summed E-state index contributed by atoms with van der Waals surface area (Å²) in [5.41, 5.74) is -0.819. The largest absolute Gasteiger partial charge is 0.465 e. The van der Waals surface area contributed by atoms with Gasteiger partial charge in [-0.2, -0.15) is 39.4 Å². The molecule has 0 bridgehead atoms. The molecule has 0 atom stereocenters. The fraction of sp³-hybridized carbons (Fsp3) is 0.818. The van der Waals surface area contributed by atoms with Crippen molar-refractivity contribution in [3.63, 3.8) is 0 Å². The summed E-state index contributed by atoms with van der Waals surface area (Å²) in [6.45, 7) is 7.35. The molecular weight excluding hydrogens is 668 g/mol. The highest BCUT2D eigenvalue weighted by atomic mass is 32.2. The van der Waals surface area contributed by atoms with Crippen molar-refractivity contribution in [2.45, 2.75) is 69.9 Å². The lowest BCUT2D eigenvalue weighted by Crippen LogP contribution is -2.44. The molecule has 1 heterocycles. The molecule has 20 nitrogen and oxygen atoms in total. The zero-order valence-corrected chi connectivity index (χ0v) is 26.4. The van der Waals surface area contributed by atoms with E-state index in [-0.39, 0.29) is 56.0 Å². The highest BCUT2D eigenvalue weighted by Gasteiger charge is 2.30. The minimum atomic E-state index is -4.14. The summed E-state index contributed by atoms with van der Waals surface area (Å²) in [5.74, 6) is -1.77. The number of hydrogen-bond acceptors (Lipinski definition) is 14. The van der Waals surface area contributed by atoms with Crippen molar-refractivity contribution in [1.82, 2.24) is 27.9 Å². The van der Waals surface area contributed by atoms with E-state index < -0.39 is 66.7 Å². The standard InChI is InChI=1S/C9H18N2O6S.C5H12N2O4S.C3H6N2O3S.CH4O.4CH4/c1-5-16-7(12)6-10-18(14,15)11-8(13)17-9(2,3)4;1-3-11-5(8)4-7-12(9,10)6-2;1-5-3(6)2-4-9(5,7)8;1-2;;;;/h10H,5-6H2,1-4H3,(H,11,13);6-7H,3-4H2,1-2H3;4H,2H2,1H3;2H,1H3;4*1H4. The number of esters is 2. The van der Waals surface area contributed by atoms with Crippen molar-refractivity contribution in [3.8, 4) is 0 Å². The van der Waals surface area contributed by atoms with E-state index in [0.717, 1.165) is 7.11 Å². The second-order valence-electron chi connectivity index (χ2n) is 7.75. The number of likely N-dealkylation sites (N-methyl/N-ethyl adjacent to an activating group) is 1. The van der Waals surface area contributed by atoms with E-state index in [1.807, 2.05) is 18.9 Å². The number of ether oxygens (including phenoxy) is 3. The van der Waals surface area contributed by atoms with Crippen LogP contribution in [-0.2, 0) is 59.2 Å². The summed E-state index contributed by atoms with van der Waals surface area (Å²) in [6, 6.07) is 0. The number of aliphatic hydroxyl groups is 1. The summed E-state index contributed by atoms with van der Waals surface area (Å²) in [4.78, 5) is 43.2. The van der Waals surface area contributed by atoms with E-state index in [2.05, 4.69) is 9.47 Å². The van der Waals surface area contributed by atoms with Gasteiger partial charge in [0.25, 0.3) is 16.1 Å². The maximum atomic E-state index is 11.3. The third-order valence-electron chi connectivity index (χ3n) is 3.43. The zero-order chi connectivity index (χ0) is 33.1. The molecule has 0 unspecified atom stereocenters. The van der Waals surface area contributed by atoms with E-state index in [0.29, 0.717) is 4.31 Å². The van der Waals surface area contributed by atoms with Crippen molar-refractivity contribution < 1.29 is 63.7 Å². The van der Waals surface area contributed by atoms with Gasteiger partial charge in [-0.1, -0.05) is 29.7 Å². The Hall–Kier alpha value is -2.67. The monoisotopic (exact) mass is 724 g/mol. The summed E-state index contributed by atoms with van der Waals surface area (Å²) < 4.78 is 89.0. The van der Waals surface area contributed by atoms with E-state index in [1.54, 1.807) is 39.3 Å². The van der Waals surface area contributed by atoms with Crippen LogP contribution in [-0.4, -0.2) is 118 Å². The lowest BCUT2D eigenvalue weighted by Gasteiger charge is -2.19. The Bertz CT molecular complexity index is 1160. The highest BCUT2D eigenvalue weighted by molar-refractivity contribution is 7.88. The summed E-state index contributed by atoms with van der Waals surface area (Å²) >= 11 is 0. The molecular formula is C22H56N6O14S3. The van der Waals surface area contributed by atoms with E-state index >= 15 is 0 Å². The van der Waals surface area contributed by atoms with Gasteiger partial charge in [0.15, 0.2) is 0 Å². The number of hydrogen-bond donors (Lipinski definition) is 6. The van der Waals surface area contributed by atoms with Crippen LogP contribution in [0, 0.1) is 0 Å². The van der Waals surface area contributed by atoms with Crippen LogP contribution in [0.1, 0.15) is 64.3 Å². The van der Waals surface area contributed by atoms with Gasteiger partial charge >= 0.3 is 38.5 Å². The quantitative estimate of drug-likeness (QED) is 0.116. The van der Waals surface area contributed by atoms with Gasteiger partial charge in [-0.05, 0) is 34.6 Å². The van der Waals surface area contributed by atoms with Gasteiger partial charge in [0.2, 0.25) is 0 Å². The molecule has 0 radical (unpaired) electrons. The fourth-order valence-corrected chi connectivity index (χ4v) is 3.67. The third kappa shape index (κ3) is 32.5. The Morgan fingerprint density at radius 2 is 1.27 bits per heavy atom. The minimum absolute atomic E-state index is 0. The lowest BCUT2D eigenvalue weighted by molar-refractivity contribution is -0.142. The predicted molar refractivity (Wildman–Crippen MR) is 170 cm³/mol. The van der Waals surface area contributed by atoms with Crippen LogP contribution in [0.4, 0.5) is 4.79 Å². The molecule has 45 heavy (non-hydrogen) atoms. The first-order valence-corrected chi connectivity index (χ1v) is 15.7. The molecule has 276 valence electrons. The van der Waals surface area contributed by atoms with Gasteiger partial charge in [0.1, 0.15) is 18.7 Å². The summed E-state index contributed by atoms with van der Waals surface area (Å²) in [6.07, 6.45) is -1.13. The third-order valence-corrected chi connectivity index (χ3v) is 6.88. The molecule has 0 spiro atoms. The Balaban J connectivity index is -0.0000000940. The number of carbonyl (C=O) groups is 4. The average molecular weight is 725 g/mol. The Kier molecular flexibility index (Phi) is 35.6. The van der Waals surface area contributed by atoms with Crippen molar-refractivity contribution in [1.29, 1.82) is 0 Å². The second-order valence-corrected chi connectivity index (χ2v) is 12.7. The average Bonchev–Trinajstić information content (AvgIpc) is 3.08. The number of aliphatic hydroxyl groups excluding tert-OH is 1. The first-order chi connectivity index (χ1) is 18.6. The molecule has 0 aromatic carbocycles. The maximum Gasteiger partial charge on any atom is 0.422 e. The predicted octanol–water partition coefficient (Wildman–Crippen LogP) is -1.04. The van der Waals surface area contributed by atoms with Crippen LogP contribution < -0.4 is 23.6 Å². The number of carbonyl (C=O) groups excluding carboxylic acids is 4. The normalized spacial score (nSPS) is 12.8. The molecule has 1 aliphatic heterocycles. The number of rotatable bonds is 10. The Labute approximate surface area is 269 Å². The molecule has 1 aliphatic rings. The Morgan fingerprint density at radius 1 is 0.889 bits per heavy atom. The molecule has 1 saturated heterocycles. The Morgan fingerprint density at radius 3 is 1.51 bits per heavy atom. The van der Waals surface area contributed by atoms with Crippen molar-refractivity contribution >= 4 is 54.6 Å². The van der Waals surface area contributed by atoms with Crippen LogP contribution in [0.15, 0.2) is 0 Å². The SMILES string of the molecule is C.C.C.C.CCOC(=O)CNS(=O)(=O)NC.CCOC(=O)CNS(=O)(=O)NC(=O)OC(C)(C)C.CN1C(=O)CNS1(=O)=O.CO. The molecule has 0 aromatic rings. The first kappa shape index (κ1) is 57.9. The smallest absolute Gasteiger partial charge is 0.422 e. The van der Waals surface area contributed by atoms with Gasteiger partial charge in [-0.15, -0.1) is 0 Å². The van der Waals surface area contributed by atoms with E-state index in [4.69, 9.17) is 9.84 Å². The molecule has 1 rings (SSSR count). The van der Waals surface area contributed by atoms with E-state index in [9.17, 15) is 44.4 Å². The van der Waals surface area contributed by atoms with Crippen LogP contribution in [0.3, 0.4) is 0 Å². The molecule has 2 amide bonds. The summed E-state index contributed by atoms with van der Waals surface area (Å²) in [7, 11) is -7.65. The van der Waals surface area contributed by atoms with Crippen LogP contribution in [0.25, 0.3) is 0 Å². The lowest BCUT2D eigenvalue weighted by atomic mass is 10.2. The van der Waals surface area contributed by atoms with Crippen molar-refractivity contribution in [3.05, 3.63) is 0 Å². The first-order valence-electron chi connectivity index (χ1n) is 11.3. The molecule has 0 aliphatic carbocycles. The summed E-state index contributed by atoms with van der Waals surface area (Å²) in [5, 5.41) is 7.00. The van der Waals surface area contributed by atoms with Crippen LogP contribution >= 0.6 is 0 Å². The molecule has 0 aromatic heterocycles. The second kappa shape index (κ2) is 27.6. The van der Waals surface area contributed by atoms with Gasteiger partial charge in [0.05, 0.1) is 19.8 Å². The van der Waals surface area contributed by atoms with Crippen molar-refractivity contribution in [2.24, 2.45) is 0 Å². The highest BCUT2D eigenvalue weighted by Crippen LogP contribution is 2.06. The minimum Gasteiger partial charge on any atom is -0.465 e. The number of nitrogens with one attached hydrogen (secondary N) is 5. The van der Waals surface area contributed by atoms with E-state index in [1.165, 1.54) is 14.1 Å². The molecule has 23 heteroatoms. The molecule has 1 fully saturated rings. The number of amides is 2. The topological polar surface area (TPSA) is 282 Å². The zero-order valence-electron chi connectivity index (χ0n) is 24.0. The van der Waals surface area contributed by atoms with Gasteiger partial charge in [-0.3, -0.25) is 14.4 Å². The van der Waals surface area contributed by atoms with Gasteiger partial charge < -0.3 is 19.3 Å². The van der Waals surface area contributed by atoms with Crippen LogP contribution in [0.5, 0.6) is 0 Å². The van der Waals surface area contributed by atoms with Gasteiger partial charge in [0, 0.05) is 21.2 Å². The molecule has 6 N–H and O–H groups in total. The maximum absolute atomic E-state index is 11.3. The molecule has 0 saturated carbocycles. The van der Waals surface area contributed by atoms with Crippen molar-refractivity contribution in [2.75, 3.05) is 54.1 Å². The van der Waals surface area contributed by atoms with Crippen LogP contribution in [0.2, 0.25) is 0 Å². The fourth-order valence-electron chi connectivity index (χ4n) is 1.74. The van der Waals surface area contributed by atoms with Gasteiger partial charge in [-0.25, -0.2) is 18.5 Å².